The van der Waals surface area contributed by atoms with Crippen LogP contribution in [0.15, 0.2) is 73.1 Å². The van der Waals surface area contributed by atoms with Crippen LogP contribution in [0.4, 0.5) is 11.4 Å². The van der Waals surface area contributed by atoms with Crippen LogP contribution in [-0.4, -0.2) is 45.1 Å². The van der Waals surface area contributed by atoms with Crippen molar-refractivity contribution in [2.75, 3.05) is 25.0 Å². The number of hydrogen-bond acceptors (Lipinski definition) is 6. The molecule has 1 fully saturated rings. The summed E-state index contributed by atoms with van der Waals surface area (Å²) >= 11 is 0. The summed E-state index contributed by atoms with van der Waals surface area (Å²) in [5.74, 6) is -0.318. The number of pyridine rings is 2. The highest BCUT2D eigenvalue weighted by Gasteiger charge is 2.16. The lowest BCUT2D eigenvalue weighted by atomic mass is 10.1. The molecule has 4 heterocycles. The first-order valence-electron chi connectivity index (χ1n) is 13.2. The molecule has 0 bridgehead atoms. The van der Waals surface area contributed by atoms with Crippen LogP contribution in [0.5, 0.6) is 0 Å². The number of fused-ring (bicyclic) bond motifs is 2. The van der Waals surface area contributed by atoms with Gasteiger partial charge in [-0.1, -0.05) is 18.2 Å². The summed E-state index contributed by atoms with van der Waals surface area (Å²) in [6.07, 6.45) is 6.22. The molecule has 1 aliphatic heterocycles. The van der Waals surface area contributed by atoms with E-state index >= 15 is 0 Å². The standard InChI is InChI=1S/C31H31N5O2/c1-3-38-31(37)30-17-23-16-22(8-11-29(23)35(30)2)27-18-28(25-19-32-13-12-26(25)34-27)33-24-9-6-21(7-10-24)20-36-14-4-5-15-36/h6-13,16-19H,3-5,14-15,20H2,1-2H3,(H,33,34). The Morgan fingerprint density at radius 3 is 2.63 bits per heavy atom. The number of nitrogens with zero attached hydrogens (tertiary/aromatic N) is 4. The SMILES string of the molecule is CCOC(=O)c1cc2cc(-c3cc(Nc4ccc(CN5CCCC5)cc4)c4cnccc4n3)ccc2n1C. The molecular weight excluding hydrogens is 474 g/mol. The number of carbonyl (C=O) groups is 1. The zero-order valence-corrected chi connectivity index (χ0v) is 21.8. The molecule has 1 aliphatic rings. The Bertz CT molecular complexity index is 1620. The van der Waals surface area contributed by atoms with E-state index in [9.17, 15) is 4.79 Å². The summed E-state index contributed by atoms with van der Waals surface area (Å²) in [5.41, 5.74) is 7.49. The average Bonchev–Trinajstić information content (AvgIpc) is 3.57. The van der Waals surface area contributed by atoms with Gasteiger partial charge in [-0.05, 0) is 80.9 Å². The smallest absolute Gasteiger partial charge is 0.354 e. The molecule has 1 N–H and O–H groups in total. The monoisotopic (exact) mass is 505 g/mol. The number of rotatable bonds is 7. The summed E-state index contributed by atoms with van der Waals surface area (Å²) in [6.45, 7) is 5.55. The van der Waals surface area contributed by atoms with E-state index in [1.165, 1.54) is 31.5 Å². The second kappa shape index (κ2) is 10.3. The molecule has 0 atom stereocenters. The molecule has 0 unspecified atom stereocenters. The predicted molar refractivity (Wildman–Crippen MR) is 152 cm³/mol. The van der Waals surface area contributed by atoms with Crippen LogP contribution in [0.25, 0.3) is 33.1 Å². The molecule has 0 saturated carbocycles. The number of esters is 1. The van der Waals surface area contributed by atoms with Gasteiger partial charge < -0.3 is 14.6 Å². The molecule has 7 nitrogen and oxygen atoms in total. The minimum absolute atomic E-state index is 0.318. The number of benzene rings is 2. The van der Waals surface area contributed by atoms with Crippen molar-refractivity contribution in [3.63, 3.8) is 0 Å². The van der Waals surface area contributed by atoms with Gasteiger partial charge in [0.2, 0.25) is 0 Å². The number of aromatic nitrogens is 3. The predicted octanol–water partition coefficient (Wildman–Crippen LogP) is 6.30. The normalized spacial score (nSPS) is 13.8. The zero-order valence-electron chi connectivity index (χ0n) is 21.8. The minimum Gasteiger partial charge on any atom is -0.461 e. The Morgan fingerprint density at radius 1 is 1.03 bits per heavy atom. The summed E-state index contributed by atoms with van der Waals surface area (Å²) < 4.78 is 7.10. The third kappa shape index (κ3) is 4.73. The van der Waals surface area contributed by atoms with Gasteiger partial charge in [-0.15, -0.1) is 0 Å². The molecule has 6 rings (SSSR count). The lowest BCUT2D eigenvalue weighted by Crippen LogP contribution is -2.18. The van der Waals surface area contributed by atoms with E-state index in [1.54, 1.807) is 6.20 Å². The largest absolute Gasteiger partial charge is 0.461 e. The number of nitrogens with one attached hydrogen (secondary N) is 1. The first-order chi connectivity index (χ1) is 18.6. The maximum Gasteiger partial charge on any atom is 0.354 e. The summed E-state index contributed by atoms with van der Waals surface area (Å²) in [7, 11) is 1.88. The van der Waals surface area contributed by atoms with Crippen molar-refractivity contribution < 1.29 is 9.53 Å². The third-order valence-electron chi connectivity index (χ3n) is 7.27. The molecule has 0 radical (unpaired) electrons. The Labute approximate surface area is 222 Å². The van der Waals surface area contributed by atoms with Gasteiger partial charge in [0.05, 0.1) is 23.5 Å². The molecule has 0 spiro atoms. The van der Waals surface area contributed by atoms with E-state index < -0.39 is 0 Å². The van der Waals surface area contributed by atoms with Crippen molar-refractivity contribution in [1.29, 1.82) is 0 Å². The molecule has 192 valence electrons. The molecular formula is C31H31N5O2. The van der Waals surface area contributed by atoms with Crippen LogP contribution in [-0.2, 0) is 18.3 Å². The fraction of sp³-hybridized carbons (Fsp3) is 0.258. The van der Waals surface area contributed by atoms with Gasteiger partial charge in [0.15, 0.2) is 0 Å². The lowest BCUT2D eigenvalue weighted by molar-refractivity contribution is 0.0516. The first kappa shape index (κ1) is 24.1. The zero-order chi connectivity index (χ0) is 26.1. The van der Waals surface area contributed by atoms with Crippen molar-refractivity contribution in [2.45, 2.75) is 26.3 Å². The van der Waals surface area contributed by atoms with Crippen molar-refractivity contribution in [3.8, 4) is 11.3 Å². The van der Waals surface area contributed by atoms with E-state index in [-0.39, 0.29) is 5.97 Å². The van der Waals surface area contributed by atoms with E-state index in [2.05, 4.69) is 51.6 Å². The van der Waals surface area contributed by atoms with Crippen LogP contribution in [0.3, 0.4) is 0 Å². The molecule has 3 aromatic heterocycles. The fourth-order valence-electron chi connectivity index (χ4n) is 5.28. The van der Waals surface area contributed by atoms with Crippen LogP contribution >= 0.6 is 0 Å². The molecule has 38 heavy (non-hydrogen) atoms. The highest BCUT2D eigenvalue weighted by molar-refractivity contribution is 5.98. The summed E-state index contributed by atoms with van der Waals surface area (Å²) in [5, 5.41) is 5.52. The first-order valence-corrected chi connectivity index (χ1v) is 13.2. The molecule has 7 heteroatoms. The summed E-state index contributed by atoms with van der Waals surface area (Å²) in [6, 6.07) is 20.7. The molecule has 0 amide bonds. The second-order valence-electron chi connectivity index (χ2n) is 9.84. The number of anilines is 2. The van der Waals surface area contributed by atoms with Crippen LogP contribution in [0.1, 0.15) is 35.8 Å². The number of carbonyl (C=O) groups excluding carboxylic acids is 1. The van der Waals surface area contributed by atoms with E-state index in [1.807, 2.05) is 49.0 Å². The average molecular weight is 506 g/mol. The summed E-state index contributed by atoms with van der Waals surface area (Å²) in [4.78, 5) is 24.2. The number of likely N-dealkylation sites (tertiary alicyclic amines) is 1. The molecule has 1 saturated heterocycles. The molecule has 5 aromatic rings. The van der Waals surface area contributed by atoms with Gasteiger partial charge in [0.1, 0.15) is 5.69 Å². The van der Waals surface area contributed by atoms with Gasteiger partial charge in [-0.25, -0.2) is 9.78 Å². The van der Waals surface area contributed by atoms with Gasteiger partial charge in [-0.2, -0.15) is 0 Å². The Balaban J connectivity index is 1.33. The number of aryl methyl sites for hydroxylation is 1. The van der Waals surface area contributed by atoms with Crippen molar-refractivity contribution >= 4 is 39.1 Å². The third-order valence-corrected chi connectivity index (χ3v) is 7.27. The topological polar surface area (TPSA) is 72.3 Å². The molecule has 0 aliphatic carbocycles. The quantitative estimate of drug-likeness (QED) is 0.262. The number of ether oxygens (including phenoxy) is 1. The van der Waals surface area contributed by atoms with E-state index in [0.29, 0.717) is 12.3 Å². The van der Waals surface area contributed by atoms with E-state index in [4.69, 9.17) is 9.72 Å². The van der Waals surface area contributed by atoms with Crippen LogP contribution in [0.2, 0.25) is 0 Å². The Morgan fingerprint density at radius 2 is 1.84 bits per heavy atom. The molecule has 2 aromatic carbocycles. The minimum atomic E-state index is -0.318. The van der Waals surface area contributed by atoms with Gasteiger partial charge in [0, 0.05) is 53.5 Å². The Hall–Kier alpha value is -4.23. The maximum absolute atomic E-state index is 12.4. The van der Waals surface area contributed by atoms with Crippen LogP contribution in [0, 0.1) is 0 Å². The van der Waals surface area contributed by atoms with Crippen molar-refractivity contribution in [2.24, 2.45) is 7.05 Å². The van der Waals surface area contributed by atoms with Gasteiger partial charge in [0.25, 0.3) is 0 Å². The van der Waals surface area contributed by atoms with Crippen molar-refractivity contribution in [3.05, 3.63) is 84.3 Å². The number of hydrogen-bond donors (Lipinski definition) is 1. The lowest BCUT2D eigenvalue weighted by Gasteiger charge is -2.15. The van der Waals surface area contributed by atoms with Gasteiger partial charge >= 0.3 is 5.97 Å². The fourth-order valence-corrected chi connectivity index (χ4v) is 5.28. The van der Waals surface area contributed by atoms with Crippen LogP contribution < -0.4 is 5.32 Å². The Kier molecular flexibility index (Phi) is 6.52. The second-order valence-corrected chi connectivity index (χ2v) is 9.84. The van der Waals surface area contributed by atoms with Gasteiger partial charge in [-0.3, -0.25) is 9.88 Å². The van der Waals surface area contributed by atoms with E-state index in [0.717, 1.165) is 51.0 Å². The highest BCUT2D eigenvalue weighted by Crippen LogP contribution is 2.32. The maximum atomic E-state index is 12.4. The highest BCUT2D eigenvalue weighted by atomic mass is 16.5. The van der Waals surface area contributed by atoms with Crippen molar-refractivity contribution in [1.82, 2.24) is 19.4 Å².